The number of aliphatic carboxylic acids is 2. The second-order valence-electron chi connectivity index (χ2n) is 4.08. The Kier molecular flexibility index (Phi) is 5.09. The molecule has 1 atom stereocenters. The Labute approximate surface area is 102 Å². The first-order valence-corrected chi connectivity index (χ1v) is 4.89. The molecule has 0 aromatic carbocycles. The Balaban J connectivity index is 4.57. The predicted molar refractivity (Wildman–Crippen MR) is 58.6 cm³/mol. The van der Waals surface area contributed by atoms with Crippen molar-refractivity contribution in [2.75, 3.05) is 0 Å². The molecule has 0 saturated heterocycles. The molecule has 0 aromatic heterocycles. The molecule has 0 aliphatic heterocycles. The first kappa shape index (κ1) is 15.7. The van der Waals surface area contributed by atoms with E-state index in [-0.39, 0.29) is 0 Å². The number of hydrogen-bond donors (Lipinski definition) is 5. The maximum absolute atomic E-state index is 11.4. The number of carboxylic acid groups (broad SMARTS) is 2. The second-order valence-corrected chi connectivity index (χ2v) is 4.08. The fourth-order valence-electron chi connectivity index (χ4n) is 0.914. The third-order valence-electron chi connectivity index (χ3n) is 2.02. The lowest BCUT2D eigenvalue weighted by Crippen LogP contribution is -2.58. The van der Waals surface area contributed by atoms with E-state index in [1.54, 1.807) is 0 Å². The molecule has 0 rings (SSSR count). The van der Waals surface area contributed by atoms with Crippen LogP contribution in [0.1, 0.15) is 20.3 Å². The van der Waals surface area contributed by atoms with Crippen molar-refractivity contribution in [3.8, 4) is 0 Å². The zero-order chi connectivity index (χ0) is 14.5. The van der Waals surface area contributed by atoms with E-state index in [4.69, 9.17) is 15.9 Å². The normalized spacial score (nSPS) is 12.3. The van der Waals surface area contributed by atoms with Crippen molar-refractivity contribution < 1.29 is 29.4 Å². The molecule has 0 unspecified atom stereocenters. The Hall–Kier alpha value is -2.32. The number of nitrogens with two attached hydrogens (primary N) is 1. The molecule has 0 fully saturated rings. The van der Waals surface area contributed by atoms with E-state index in [0.29, 0.717) is 0 Å². The van der Waals surface area contributed by atoms with Crippen LogP contribution in [0.2, 0.25) is 0 Å². The predicted octanol–water partition coefficient (Wildman–Crippen LogP) is -1.52. The van der Waals surface area contributed by atoms with Crippen LogP contribution in [-0.2, 0) is 14.4 Å². The molecule has 0 radical (unpaired) electrons. The first-order valence-electron chi connectivity index (χ1n) is 4.89. The summed E-state index contributed by atoms with van der Waals surface area (Å²) in [6.07, 6.45) is -0.778. The highest BCUT2D eigenvalue weighted by Gasteiger charge is 2.29. The van der Waals surface area contributed by atoms with Gasteiger partial charge in [0, 0.05) is 0 Å². The lowest BCUT2D eigenvalue weighted by Gasteiger charge is -2.23. The number of rotatable bonds is 6. The maximum atomic E-state index is 11.4. The summed E-state index contributed by atoms with van der Waals surface area (Å²) in [5, 5.41) is 21.2. The molecule has 0 aromatic rings. The zero-order valence-corrected chi connectivity index (χ0v) is 9.89. The van der Waals surface area contributed by atoms with Crippen LogP contribution >= 0.6 is 0 Å². The van der Waals surface area contributed by atoms with Gasteiger partial charge >= 0.3 is 18.0 Å². The van der Waals surface area contributed by atoms with Gasteiger partial charge in [0.1, 0.15) is 11.6 Å². The Morgan fingerprint density at radius 2 is 1.72 bits per heavy atom. The van der Waals surface area contributed by atoms with Crippen LogP contribution in [0.5, 0.6) is 0 Å². The summed E-state index contributed by atoms with van der Waals surface area (Å²) in [7, 11) is 0. The maximum Gasteiger partial charge on any atom is 0.326 e. The Bertz CT molecular complexity index is 378. The minimum atomic E-state index is -1.59. The average molecular weight is 261 g/mol. The Morgan fingerprint density at radius 3 is 2.06 bits per heavy atom. The molecule has 9 heteroatoms. The van der Waals surface area contributed by atoms with Crippen molar-refractivity contribution in [1.82, 2.24) is 10.6 Å². The smallest absolute Gasteiger partial charge is 0.326 e. The summed E-state index contributed by atoms with van der Waals surface area (Å²) >= 11 is 0. The molecule has 0 aliphatic rings. The highest BCUT2D eigenvalue weighted by Crippen LogP contribution is 2.00. The van der Waals surface area contributed by atoms with Crippen LogP contribution < -0.4 is 16.4 Å². The minimum Gasteiger partial charge on any atom is -0.481 e. The van der Waals surface area contributed by atoms with Crippen molar-refractivity contribution >= 4 is 23.9 Å². The fraction of sp³-hybridized carbons (Fsp3) is 0.556. The van der Waals surface area contributed by atoms with Crippen molar-refractivity contribution in [3.05, 3.63) is 0 Å². The van der Waals surface area contributed by atoms with Crippen molar-refractivity contribution in [3.63, 3.8) is 0 Å². The van der Waals surface area contributed by atoms with Crippen molar-refractivity contribution in [2.45, 2.75) is 31.8 Å². The molecule has 0 heterocycles. The van der Waals surface area contributed by atoms with E-state index >= 15 is 0 Å². The largest absolute Gasteiger partial charge is 0.481 e. The van der Waals surface area contributed by atoms with E-state index in [1.807, 2.05) is 5.32 Å². The van der Waals surface area contributed by atoms with E-state index in [9.17, 15) is 19.2 Å². The number of carboxylic acids is 2. The highest BCUT2D eigenvalue weighted by atomic mass is 16.4. The number of carbonyl (C=O) groups excluding carboxylic acids is 2. The summed E-state index contributed by atoms with van der Waals surface area (Å²) in [5.74, 6) is -3.69. The number of carbonyl (C=O) groups is 4. The van der Waals surface area contributed by atoms with Crippen molar-refractivity contribution in [2.24, 2.45) is 5.73 Å². The third kappa shape index (κ3) is 5.14. The summed E-state index contributed by atoms with van der Waals surface area (Å²) in [5.41, 5.74) is 3.62. The summed E-state index contributed by atoms with van der Waals surface area (Å²) in [6.45, 7) is 2.64. The quantitative estimate of drug-likeness (QED) is 0.390. The van der Waals surface area contributed by atoms with Gasteiger partial charge in [-0.1, -0.05) is 0 Å². The molecule has 0 saturated carbocycles. The average Bonchev–Trinajstić information content (AvgIpc) is 2.14. The van der Waals surface area contributed by atoms with Crippen molar-refractivity contribution in [1.29, 1.82) is 0 Å². The lowest BCUT2D eigenvalue weighted by molar-refractivity contribution is -0.145. The molecule has 3 amide bonds. The molecule has 0 aliphatic carbocycles. The van der Waals surface area contributed by atoms with Gasteiger partial charge in [-0.05, 0) is 13.8 Å². The van der Waals surface area contributed by atoms with Crippen LogP contribution in [0.4, 0.5) is 4.79 Å². The van der Waals surface area contributed by atoms with Crippen LogP contribution in [0.15, 0.2) is 0 Å². The molecular formula is C9H15N3O6. The van der Waals surface area contributed by atoms with Gasteiger partial charge in [-0.3, -0.25) is 9.59 Å². The van der Waals surface area contributed by atoms with Gasteiger partial charge in [0.05, 0.1) is 6.42 Å². The fourth-order valence-corrected chi connectivity index (χ4v) is 0.914. The minimum absolute atomic E-state index is 0.778. The third-order valence-corrected chi connectivity index (χ3v) is 2.02. The topological polar surface area (TPSA) is 159 Å². The van der Waals surface area contributed by atoms with Gasteiger partial charge in [0.15, 0.2) is 0 Å². The summed E-state index contributed by atoms with van der Waals surface area (Å²) in [4.78, 5) is 43.3. The zero-order valence-electron chi connectivity index (χ0n) is 9.89. The van der Waals surface area contributed by atoms with Gasteiger partial charge in [0.2, 0.25) is 5.91 Å². The second kappa shape index (κ2) is 5.84. The lowest BCUT2D eigenvalue weighted by atomic mass is 10.1. The first-order chi connectivity index (χ1) is 8.06. The standard InChI is InChI=1S/C9H15N3O6/c1-9(2,7(10)17)12-8(18)11-4(6(15)16)3-5(13)14/h4H,3H2,1-2H3,(H2,10,17)(H,13,14)(H,15,16)(H2,11,12,18)/t4-/m1/s1. The number of urea groups is 1. The van der Waals surface area contributed by atoms with Crippen LogP contribution in [-0.4, -0.2) is 45.7 Å². The van der Waals surface area contributed by atoms with Gasteiger partial charge in [-0.15, -0.1) is 0 Å². The van der Waals surface area contributed by atoms with Crippen LogP contribution in [0.3, 0.4) is 0 Å². The van der Waals surface area contributed by atoms with E-state index in [0.717, 1.165) is 0 Å². The molecule has 9 nitrogen and oxygen atoms in total. The summed E-state index contributed by atoms with van der Waals surface area (Å²) < 4.78 is 0. The number of amides is 3. The SMILES string of the molecule is CC(C)(NC(=O)N[C@H](CC(=O)O)C(=O)O)C(N)=O. The van der Waals surface area contributed by atoms with Gasteiger partial charge in [-0.2, -0.15) is 0 Å². The van der Waals surface area contributed by atoms with E-state index in [1.165, 1.54) is 13.8 Å². The highest BCUT2D eigenvalue weighted by molar-refractivity contribution is 5.91. The van der Waals surface area contributed by atoms with E-state index < -0.39 is 41.9 Å². The van der Waals surface area contributed by atoms with Crippen LogP contribution in [0.25, 0.3) is 0 Å². The molecule has 102 valence electrons. The van der Waals surface area contributed by atoms with Gasteiger partial charge < -0.3 is 26.6 Å². The molecule has 0 bridgehead atoms. The number of nitrogens with one attached hydrogen (secondary N) is 2. The summed E-state index contributed by atoms with van der Waals surface area (Å²) in [6, 6.07) is -2.58. The van der Waals surface area contributed by atoms with Crippen LogP contribution in [0, 0.1) is 0 Å². The number of primary amides is 1. The van der Waals surface area contributed by atoms with Gasteiger partial charge in [-0.25, -0.2) is 9.59 Å². The van der Waals surface area contributed by atoms with Gasteiger partial charge in [0.25, 0.3) is 0 Å². The van der Waals surface area contributed by atoms with E-state index in [2.05, 4.69) is 5.32 Å². The molecule has 0 spiro atoms. The molecule has 18 heavy (non-hydrogen) atoms. The number of hydrogen-bond acceptors (Lipinski definition) is 4. The molecule has 6 N–H and O–H groups in total. The molecular weight excluding hydrogens is 246 g/mol. The Morgan fingerprint density at radius 1 is 1.22 bits per heavy atom. The monoisotopic (exact) mass is 261 g/mol.